The van der Waals surface area contributed by atoms with E-state index in [1.165, 1.54) is 22.3 Å². The van der Waals surface area contributed by atoms with E-state index in [9.17, 15) is 4.79 Å². The van der Waals surface area contributed by atoms with E-state index < -0.39 is 12.7 Å². The van der Waals surface area contributed by atoms with Gasteiger partial charge in [0, 0.05) is 29.8 Å². The summed E-state index contributed by atoms with van der Waals surface area (Å²) in [6.45, 7) is 15.3. The van der Waals surface area contributed by atoms with Crippen LogP contribution in [0.5, 0.6) is 5.75 Å². The van der Waals surface area contributed by atoms with Crippen LogP contribution in [0.3, 0.4) is 0 Å². The molecule has 2 aromatic rings. The zero-order valence-corrected chi connectivity index (χ0v) is 25.9. The maximum atomic E-state index is 13.0. The highest BCUT2D eigenvalue weighted by atomic mass is 16.7. The maximum Gasteiger partial charge on any atom is 0.494 e. The van der Waals surface area contributed by atoms with Crippen molar-refractivity contribution in [2.75, 3.05) is 6.54 Å². The Balaban J connectivity index is 1.15. The van der Waals surface area contributed by atoms with E-state index in [2.05, 4.69) is 58.0 Å². The summed E-state index contributed by atoms with van der Waals surface area (Å²) in [5, 5.41) is 0. The minimum absolute atomic E-state index is 0.00725. The fourth-order valence-electron chi connectivity index (χ4n) is 6.81. The molecule has 5 aliphatic rings. The average molecular weight is 569 g/mol. The van der Waals surface area contributed by atoms with Gasteiger partial charge in [-0.15, -0.1) is 0 Å². The van der Waals surface area contributed by atoms with E-state index in [0.717, 1.165) is 72.4 Å². The van der Waals surface area contributed by atoms with Gasteiger partial charge in [-0.1, -0.05) is 18.2 Å². The fraction of sp³-hybridized carbons (Fsp3) is 0.529. The molecule has 8 heteroatoms. The van der Waals surface area contributed by atoms with Crippen LogP contribution in [0.25, 0.3) is 16.8 Å². The lowest BCUT2D eigenvalue weighted by Crippen LogP contribution is -2.43. The van der Waals surface area contributed by atoms with Crippen molar-refractivity contribution >= 4 is 30.1 Å². The molecule has 0 aromatic heterocycles. The molecule has 2 fully saturated rings. The topological polar surface area (TPSA) is 69.6 Å². The highest BCUT2D eigenvalue weighted by molar-refractivity contribution is 6.62. The molecule has 0 radical (unpaired) electrons. The van der Waals surface area contributed by atoms with E-state index in [4.69, 9.17) is 23.8 Å². The Hall–Kier alpha value is -3.10. The van der Waals surface area contributed by atoms with Gasteiger partial charge in [-0.25, -0.2) is 4.79 Å². The lowest BCUT2D eigenvalue weighted by Gasteiger charge is -2.32. The normalized spacial score (nSPS) is 23.6. The number of aliphatic imine (C=N–C) groups is 1. The van der Waals surface area contributed by atoms with E-state index >= 15 is 0 Å². The van der Waals surface area contributed by atoms with Crippen LogP contribution in [0.2, 0.25) is 0 Å². The van der Waals surface area contributed by atoms with Crippen molar-refractivity contribution in [3.8, 4) is 16.9 Å². The van der Waals surface area contributed by atoms with Crippen LogP contribution < -0.4 is 10.2 Å². The predicted molar refractivity (Wildman–Crippen MR) is 165 cm³/mol. The molecule has 7 nitrogen and oxygen atoms in total. The lowest BCUT2D eigenvalue weighted by atomic mass is 9.76. The van der Waals surface area contributed by atoms with Gasteiger partial charge >= 0.3 is 13.2 Å². The van der Waals surface area contributed by atoms with Crippen molar-refractivity contribution in [1.82, 2.24) is 4.90 Å². The average Bonchev–Trinajstić information content (AvgIpc) is 3.62. The summed E-state index contributed by atoms with van der Waals surface area (Å²) >= 11 is 0. The first kappa shape index (κ1) is 27.7. The molecule has 0 bridgehead atoms. The Morgan fingerprint density at radius 2 is 1.76 bits per heavy atom. The molecule has 1 atom stereocenters. The van der Waals surface area contributed by atoms with Crippen LogP contribution in [-0.4, -0.2) is 53.2 Å². The van der Waals surface area contributed by atoms with E-state index in [1.807, 2.05) is 25.7 Å². The van der Waals surface area contributed by atoms with Gasteiger partial charge in [0.1, 0.15) is 18.0 Å². The molecule has 0 saturated carbocycles. The van der Waals surface area contributed by atoms with Crippen LogP contribution in [0.15, 0.2) is 40.9 Å². The van der Waals surface area contributed by atoms with Crippen molar-refractivity contribution < 1.29 is 23.6 Å². The van der Waals surface area contributed by atoms with Gasteiger partial charge in [-0.3, -0.25) is 9.89 Å². The first-order valence-electron chi connectivity index (χ1n) is 15.4. The summed E-state index contributed by atoms with van der Waals surface area (Å²) in [7, 11) is -0.392. The van der Waals surface area contributed by atoms with Gasteiger partial charge in [0.15, 0.2) is 0 Å². The monoisotopic (exact) mass is 568 g/mol. The molecule has 1 aliphatic carbocycles. The molecule has 42 heavy (non-hydrogen) atoms. The fourth-order valence-corrected chi connectivity index (χ4v) is 6.81. The molecule has 7 rings (SSSR count). The zero-order chi connectivity index (χ0) is 29.6. The van der Waals surface area contributed by atoms with Crippen molar-refractivity contribution in [2.24, 2.45) is 4.99 Å². The molecule has 4 heterocycles. The third-order valence-electron chi connectivity index (χ3n) is 9.73. The highest BCUT2D eigenvalue weighted by Gasteiger charge is 2.52. The summed E-state index contributed by atoms with van der Waals surface area (Å²) in [5.74, 6) is 0.901. The largest absolute Gasteiger partial charge is 0.494 e. The second kappa shape index (κ2) is 9.45. The predicted octanol–water partition coefficient (Wildman–Crippen LogP) is 6.45. The first-order valence-corrected chi connectivity index (χ1v) is 15.4. The number of hydrogen-bond acceptors (Lipinski definition) is 6. The number of fused-ring (bicyclic) bond motifs is 5. The SMILES string of the molecule is CC(C)(C)OC(=O)N1CCC[C@H]1C1=NC2=C(CCc3cc4c(cc32)OCc2cc(B3OC(C)(C)C(C)(C)O3)ccc2-4)C1. The zero-order valence-electron chi connectivity index (χ0n) is 25.9. The van der Waals surface area contributed by atoms with Crippen molar-refractivity contribution in [2.45, 2.75) is 110 Å². The molecule has 0 unspecified atom stereocenters. The number of rotatable bonds is 2. The summed E-state index contributed by atoms with van der Waals surface area (Å²) in [4.78, 5) is 20.0. The molecule has 0 N–H and O–H groups in total. The minimum atomic E-state index is -0.511. The van der Waals surface area contributed by atoms with E-state index in [1.54, 1.807) is 0 Å². The number of allylic oxidation sites excluding steroid dienone is 1. The molecular formula is C34H41BN2O5. The molecule has 2 saturated heterocycles. The lowest BCUT2D eigenvalue weighted by molar-refractivity contribution is 0.00578. The number of carbonyl (C=O) groups is 1. The third kappa shape index (κ3) is 4.58. The number of nitrogens with zero attached hydrogens (tertiary/aromatic N) is 2. The minimum Gasteiger partial charge on any atom is -0.488 e. The quantitative estimate of drug-likeness (QED) is 0.390. The van der Waals surface area contributed by atoms with E-state index in [-0.39, 0.29) is 23.3 Å². The Kier molecular flexibility index (Phi) is 6.24. The van der Waals surface area contributed by atoms with Crippen molar-refractivity contribution in [3.63, 3.8) is 0 Å². The number of benzene rings is 2. The summed E-state index contributed by atoms with van der Waals surface area (Å²) in [6.07, 6.45) is 4.47. The van der Waals surface area contributed by atoms with E-state index in [0.29, 0.717) is 6.61 Å². The standard InChI is InChI=1S/C34H41BN2O5/c1-32(2,3)40-31(38)37-14-8-9-28(37)27-17-21-11-10-20-16-26-24-13-12-23(35-41-33(4,5)34(6,7)42-35)15-22(24)19-39-29(26)18-25(20)30(21)36-27/h12-13,15-16,18,28H,8-11,14,17,19H2,1-7H3/t28-/m0/s1. The number of likely N-dealkylation sites (tertiary alicyclic amines) is 1. The summed E-state index contributed by atoms with van der Waals surface area (Å²) in [5.41, 5.74) is 9.26. The van der Waals surface area contributed by atoms with Crippen LogP contribution in [0.4, 0.5) is 4.79 Å². The first-order chi connectivity index (χ1) is 19.8. The molecule has 220 valence electrons. The number of hydrogen-bond donors (Lipinski definition) is 0. The van der Waals surface area contributed by atoms with Gasteiger partial charge in [0.25, 0.3) is 0 Å². The number of ether oxygens (including phenoxy) is 2. The smallest absolute Gasteiger partial charge is 0.488 e. The second-order valence-electron chi connectivity index (χ2n) is 14.4. The van der Waals surface area contributed by atoms with Crippen LogP contribution in [-0.2, 0) is 27.1 Å². The van der Waals surface area contributed by atoms with Crippen molar-refractivity contribution in [1.29, 1.82) is 0 Å². The molecular weight excluding hydrogens is 527 g/mol. The molecule has 1 amide bonds. The molecule has 0 spiro atoms. The Bertz CT molecular complexity index is 1530. The van der Waals surface area contributed by atoms with Crippen molar-refractivity contribution in [3.05, 3.63) is 52.6 Å². The van der Waals surface area contributed by atoms with Gasteiger partial charge in [-0.2, -0.15) is 0 Å². The number of carbonyl (C=O) groups excluding carboxylic acids is 1. The van der Waals surface area contributed by atoms with Gasteiger partial charge < -0.3 is 18.8 Å². The van der Waals surface area contributed by atoms with Crippen LogP contribution in [0.1, 0.15) is 90.8 Å². The Labute approximate surface area is 249 Å². The Morgan fingerprint density at radius 3 is 2.50 bits per heavy atom. The van der Waals surface area contributed by atoms with Gasteiger partial charge in [0.2, 0.25) is 0 Å². The van der Waals surface area contributed by atoms with Crippen LogP contribution in [0, 0.1) is 0 Å². The summed E-state index contributed by atoms with van der Waals surface area (Å²) in [6, 6.07) is 11.0. The van der Waals surface area contributed by atoms with Gasteiger partial charge in [0.05, 0.1) is 22.9 Å². The molecule has 2 aromatic carbocycles. The Morgan fingerprint density at radius 1 is 1.00 bits per heavy atom. The molecule has 4 aliphatic heterocycles. The highest BCUT2D eigenvalue weighted by Crippen LogP contribution is 2.46. The summed E-state index contributed by atoms with van der Waals surface area (Å²) < 4.78 is 24.7. The third-order valence-corrected chi connectivity index (χ3v) is 9.73. The second-order valence-corrected chi connectivity index (χ2v) is 14.4. The maximum absolute atomic E-state index is 13.0. The van der Waals surface area contributed by atoms with Gasteiger partial charge in [-0.05, 0) is 114 Å². The van der Waals surface area contributed by atoms with Crippen LogP contribution >= 0.6 is 0 Å². The number of amides is 1. The number of aryl methyl sites for hydroxylation is 1.